The van der Waals surface area contributed by atoms with E-state index in [1.165, 1.54) is 16.7 Å². The van der Waals surface area contributed by atoms with E-state index in [1.54, 1.807) is 18.2 Å². The third-order valence-electron chi connectivity index (χ3n) is 3.35. The molecule has 0 saturated heterocycles. The molecule has 3 heteroatoms. The van der Waals surface area contributed by atoms with E-state index in [2.05, 4.69) is 32.0 Å². The minimum atomic E-state index is 0.0254. The van der Waals surface area contributed by atoms with Crippen LogP contribution in [0.4, 0.5) is 0 Å². The third kappa shape index (κ3) is 3.62. The minimum Gasteiger partial charge on any atom is -0.294 e. The molecule has 0 radical (unpaired) electrons. The fourth-order valence-corrected chi connectivity index (χ4v) is 2.62. The van der Waals surface area contributed by atoms with Crippen LogP contribution in [-0.2, 0) is 6.42 Å². The van der Waals surface area contributed by atoms with Gasteiger partial charge in [0.05, 0.1) is 5.02 Å². The highest BCUT2D eigenvalue weighted by Crippen LogP contribution is 2.23. The molecule has 2 aromatic rings. The molecule has 0 spiro atoms. The number of Topliss-reactive ketones (excluding diaryl/α,β-unsaturated/α-hetero) is 1. The lowest BCUT2D eigenvalue weighted by Gasteiger charge is -2.07. The number of carbonyl (C=O) groups excluding carboxylic acids is 1. The van der Waals surface area contributed by atoms with Crippen molar-refractivity contribution in [2.24, 2.45) is 0 Å². The van der Waals surface area contributed by atoms with E-state index in [4.69, 9.17) is 23.2 Å². The Balaban J connectivity index is 2.10. The lowest BCUT2D eigenvalue weighted by molar-refractivity contribution is 0.0983. The zero-order valence-electron chi connectivity index (χ0n) is 11.5. The summed E-state index contributed by atoms with van der Waals surface area (Å²) in [6, 6.07) is 11.3. The van der Waals surface area contributed by atoms with E-state index in [1.807, 2.05) is 0 Å². The van der Waals surface area contributed by atoms with Crippen LogP contribution in [0, 0.1) is 13.8 Å². The fraction of sp³-hybridized carbons (Fsp3) is 0.235. The van der Waals surface area contributed by atoms with Gasteiger partial charge in [0.2, 0.25) is 0 Å². The molecule has 0 aliphatic carbocycles. The van der Waals surface area contributed by atoms with Gasteiger partial charge in [0.25, 0.3) is 0 Å². The predicted octanol–water partition coefficient (Wildman–Crippen LogP) is 5.43. The van der Waals surface area contributed by atoms with Crippen LogP contribution in [0.5, 0.6) is 0 Å². The number of rotatable bonds is 4. The highest BCUT2D eigenvalue weighted by Gasteiger charge is 2.11. The summed E-state index contributed by atoms with van der Waals surface area (Å²) in [5.74, 6) is 0.0254. The maximum atomic E-state index is 12.2. The molecule has 0 amide bonds. The smallest absolute Gasteiger partial charge is 0.164 e. The summed E-state index contributed by atoms with van der Waals surface area (Å²) in [5.41, 5.74) is 4.15. The van der Waals surface area contributed by atoms with Crippen molar-refractivity contribution >= 4 is 29.0 Å². The second kappa shape index (κ2) is 6.43. The first-order valence-electron chi connectivity index (χ1n) is 6.52. The third-order valence-corrected chi connectivity index (χ3v) is 3.91. The van der Waals surface area contributed by atoms with Gasteiger partial charge in [0.1, 0.15) is 0 Å². The van der Waals surface area contributed by atoms with Gasteiger partial charge in [-0.2, -0.15) is 0 Å². The van der Waals surface area contributed by atoms with Crippen LogP contribution in [-0.4, -0.2) is 5.78 Å². The lowest BCUT2D eigenvalue weighted by Crippen LogP contribution is -2.03. The summed E-state index contributed by atoms with van der Waals surface area (Å²) in [5, 5.41) is 0.990. The molecule has 0 fully saturated rings. The van der Waals surface area contributed by atoms with Crippen LogP contribution in [0.15, 0.2) is 36.4 Å². The molecule has 20 heavy (non-hydrogen) atoms. The Morgan fingerprint density at radius 2 is 1.80 bits per heavy atom. The number of hydrogen-bond acceptors (Lipinski definition) is 1. The van der Waals surface area contributed by atoms with Gasteiger partial charge in [-0.25, -0.2) is 0 Å². The Hall–Kier alpha value is -1.31. The molecule has 0 aliphatic heterocycles. The Morgan fingerprint density at radius 3 is 2.50 bits per heavy atom. The Kier molecular flexibility index (Phi) is 4.85. The van der Waals surface area contributed by atoms with Crippen LogP contribution in [0.25, 0.3) is 0 Å². The van der Waals surface area contributed by atoms with Crippen molar-refractivity contribution in [3.63, 3.8) is 0 Å². The highest BCUT2D eigenvalue weighted by molar-refractivity contribution is 6.35. The van der Waals surface area contributed by atoms with Crippen LogP contribution in [0.2, 0.25) is 10.0 Å². The average Bonchev–Trinajstić information content (AvgIpc) is 2.40. The van der Waals surface area contributed by atoms with E-state index in [-0.39, 0.29) is 5.78 Å². The summed E-state index contributed by atoms with van der Waals surface area (Å²) >= 11 is 12.0. The molecule has 0 aromatic heterocycles. The topological polar surface area (TPSA) is 17.1 Å². The average molecular weight is 307 g/mol. The second-order valence-electron chi connectivity index (χ2n) is 4.98. The number of carbonyl (C=O) groups is 1. The summed E-state index contributed by atoms with van der Waals surface area (Å²) in [7, 11) is 0. The first kappa shape index (κ1) is 15.1. The first-order chi connectivity index (χ1) is 9.47. The molecule has 0 atom stereocenters. The van der Waals surface area contributed by atoms with Gasteiger partial charge < -0.3 is 0 Å². The standard InChI is InChI=1S/C17H16Cl2O/c1-11-3-4-13(12(2)9-11)5-8-17(20)15-10-14(18)6-7-16(15)19/h3-4,6-7,9-10H,5,8H2,1-2H3. The number of benzene rings is 2. The number of ketones is 1. The van der Waals surface area contributed by atoms with Crippen molar-refractivity contribution in [1.29, 1.82) is 0 Å². The molecule has 0 bridgehead atoms. The van der Waals surface area contributed by atoms with Gasteiger partial charge in [0, 0.05) is 17.0 Å². The Bertz CT molecular complexity index is 647. The number of aryl methyl sites for hydroxylation is 3. The molecule has 2 rings (SSSR count). The number of hydrogen-bond donors (Lipinski definition) is 0. The normalized spacial score (nSPS) is 10.6. The maximum absolute atomic E-state index is 12.2. The van der Waals surface area contributed by atoms with Crippen molar-refractivity contribution in [2.75, 3.05) is 0 Å². The molecule has 0 unspecified atom stereocenters. The van der Waals surface area contributed by atoms with E-state index < -0.39 is 0 Å². The molecule has 0 saturated carbocycles. The molecule has 2 aromatic carbocycles. The second-order valence-corrected chi connectivity index (χ2v) is 5.82. The molecular formula is C17H16Cl2O. The van der Waals surface area contributed by atoms with Gasteiger partial charge in [0.15, 0.2) is 5.78 Å². The Labute approximate surface area is 129 Å². The van der Waals surface area contributed by atoms with Crippen molar-refractivity contribution in [3.05, 3.63) is 68.7 Å². The molecule has 1 nitrogen and oxygen atoms in total. The zero-order valence-corrected chi connectivity index (χ0v) is 13.1. The van der Waals surface area contributed by atoms with Crippen molar-refractivity contribution in [3.8, 4) is 0 Å². The molecule has 104 valence electrons. The van der Waals surface area contributed by atoms with Crippen molar-refractivity contribution in [2.45, 2.75) is 26.7 Å². The van der Waals surface area contributed by atoms with Gasteiger partial charge in [-0.3, -0.25) is 4.79 Å². The molecule has 0 aliphatic rings. The first-order valence-corrected chi connectivity index (χ1v) is 7.27. The molecular weight excluding hydrogens is 291 g/mol. The van der Waals surface area contributed by atoms with E-state index in [0.29, 0.717) is 28.5 Å². The van der Waals surface area contributed by atoms with Crippen LogP contribution < -0.4 is 0 Å². The summed E-state index contributed by atoms with van der Waals surface area (Å²) in [6.07, 6.45) is 1.15. The zero-order chi connectivity index (χ0) is 14.7. The van der Waals surface area contributed by atoms with Gasteiger partial charge in [-0.05, 0) is 49.6 Å². The highest BCUT2D eigenvalue weighted by atomic mass is 35.5. The van der Waals surface area contributed by atoms with Crippen LogP contribution in [0.1, 0.15) is 33.5 Å². The maximum Gasteiger partial charge on any atom is 0.164 e. The van der Waals surface area contributed by atoms with Gasteiger partial charge >= 0.3 is 0 Å². The summed E-state index contributed by atoms with van der Waals surface area (Å²) in [6.45, 7) is 4.13. The Morgan fingerprint density at radius 1 is 1.05 bits per heavy atom. The summed E-state index contributed by atoms with van der Waals surface area (Å²) < 4.78 is 0. The van der Waals surface area contributed by atoms with Crippen molar-refractivity contribution < 1.29 is 4.79 Å². The van der Waals surface area contributed by atoms with Gasteiger partial charge in [-0.15, -0.1) is 0 Å². The van der Waals surface area contributed by atoms with E-state index in [9.17, 15) is 4.79 Å². The van der Waals surface area contributed by atoms with E-state index in [0.717, 1.165) is 0 Å². The lowest BCUT2D eigenvalue weighted by atomic mass is 9.98. The van der Waals surface area contributed by atoms with Crippen LogP contribution in [0.3, 0.4) is 0 Å². The quantitative estimate of drug-likeness (QED) is 0.689. The monoisotopic (exact) mass is 306 g/mol. The largest absolute Gasteiger partial charge is 0.294 e. The SMILES string of the molecule is Cc1ccc(CCC(=O)c2cc(Cl)ccc2Cl)c(C)c1. The summed E-state index contributed by atoms with van der Waals surface area (Å²) in [4.78, 5) is 12.2. The minimum absolute atomic E-state index is 0.0254. The fourth-order valence-electron chi connectivity index (χ4n) is 2.22. The molecule has 0 heterocycles. The van der Waals surface area contributed by atoms with Gasteiger partial charge in [-0.1, -0.05) is 47.0 Å². The molecule has 0 N–H and O–H groups in total. The predicted molar refractivity (Wildman–Crippen MR) is 85.0 cm³/mol. The van der Waals surface area contributed by atoms with Crippen LogP contribution >= 0.6 is 23.2 Å². The van der Waals surface area contributed by atoms with Crippen molar-refractivity contribution in [1.82, 2.24) is 0 Å². The number of halogens is 2. The van der Waals surface area contributed by atoms with E-state index >= 15 is 0 Å².